The molecule has 2 rings (SSSR count). The maximum Gasteiger partial charge on any atom is 0.227 e. The van der Waals surface area contributed by atoms with Gasteiger partial charge < -0.3 is 10.6 Å². The van der Waals surface area contributed by atoms with Crippen LogP contribution in [-0.4, -0.2) is 28.8 Å². The molecule has 0 aliphatic carbocycles. The van der Waals surface area contributed by atoms with Gasteiger partial charge in [0.1, 0.15) is 0 Å². The van der Waals surface area contributed by atoms with Gasteiger partial charge in [-0.15, -0.1) is 0 Å². The smallest absolute Gasteiger partial charge is 0.227 e. The van der Waals surface area contributed by atoms with E-state index >= 15 is 0 Å². The molecule has 1 unspecified atom stereocenters. The van der Waals surface area contributed by atoms with Crippen LogP contribution in [-0.2, 0) is 18.4 Å². The number of hydrogen-bond acceptors (Lipinski definition) is 3. The molecule has 0 radical (unpaired) electrons. The zero-order valence-corrected chi connectivity index (χ0v) is 10.5. The van der Waals surface area contributed by atoms with Crippen LogP contribution in [0.4, 0.5) is 0 Å². The first kappa shape index (κ1) is 12.1. The lowest BCUT2D eigenvalue weighted by atomic mass is 9.83. The zero-order valence-electron chi connectivity index (χ0n) is 10.5. The van der Waals surface area contributed by atoms with E-state index in [0.717, 1.165) is 31.6 Å². The molecule has 2 N–H and O–H groups in total. The van der Waals surface area contributed by atoms with Crippen molar-refractivity contribution in [1.29, 1.82) is 0 Å². The summed E-state index contributed by atoms with van der Waals surface area (Å²) in [5.41, 5.74) is 0.814. The summed E-state index contributed by atoms with van der Waals surface area (Å²) < 4.78 is 1.78. The number of nitrogens with one attached hydrogen (secondary N) is 2. The molecule has 1 saturated heterocycles. The lowest BCUT2D eigenvalue weighted by Crippen LogP contribution is -2.42. The van der Waals surface area contributed by atoms with Gasteiger partial charge in [-0.2, -0.15) is 5.10 Å². The van der Waals surface area contributed by atoms with Crippen LogP contribution in [0.25, 0.3) is 0 Å². The molecule has 17 heavy (non-hydrogen) atoms. The highest BCUT2D eigenvalue weighted by molar-refractivity contribution is 5.83. The van der Waals surface area contributed by atoms with Crippen LogP contribution in [0, 0.1) is 5.41 Å². The molecule has 0 spiro atoms. The summed E-state index contributed by atoms with van der Waals surface area (Å²) in [5, 5.41) is 10.4. The molecule has 1 aliphatic rings. The predicted octanol–water partition coefficient (Wildman–Crippen LogP) is 0.426. The first-order valence-corrected chi connectivity index (χ1v) is 6.14. The van der Waals surface area contributed by atoms with Crippen LogP contribution >= 0.6 is 0 Å². The summed E-state index contributed by atoms with van der Waals surface area (Å²) in [6.45, 7) is 4.36. The van der Waals surface area contributed by atoms with E-state index in [-0.39, 0.29) is 11.3 Å². The van der Waals surface area contributed by atoms with Gasteiger partial charge in [-0.25, -0.2) is 0 Å². The Morgan fingerprint density at radius 1 is 1.71 bits per heavy atom. The minimum atomic E-state index is -0.210. The number of nitrogens with zero attached hydrogens (tertiary/aromatic N) is 2. The van der Waals surface area contributed by atoms with E-state index in [0.29, 0.717) is 6.54 Å². The molecule has 0 saturated carbocycles. The van der Waals surface area contributed by atoms with E-state index < -0.39 is 0 Å². The van der Waals surface area contributed by atoms with Crippen molar-refractivity contribution in [1.82, 2.24) is 20.4 Å². The van der Waals surface area contributed by atoms with Gasteiger partial charge in [0.2, 0.25) is 5.91 Å². The average molecular weight is 236 g/mol. The Labute approximate surface area is 102 Å². The average Bonchev–Trinajstić information content (AvgIpc) is 2.95. The van der Waals surface area contributed by atoms with Gasteiger partial charge in [-0.1, -0.05) is 6.92 Å². The van der Waals surface area contributed by atoms with Crippen molar-refractivity contribution < 1.29 is 4.79 Å². The van der Waals surface area contributed by atoms with E-state index in [9.17, 15) is 4.79 Å². The number of carbonyl (C=O) groups excluding carboxylic acids is 1. The summed E-state index contributed by atoms with van der Waals surface area (Å²) in [6, 6.07) is 1.92. The van der Waals surface area contributed by atoms with Gasteiger partial charge in [0.25, 0.3) is 0 Å². The van der Waals surface area contributed by atoms with Crippen molar-refractivity contribution >= 4 is 5.91 Å². The van der Waals surface area contributed by atoms with Crippen molar-refractivity contribution in [2.45, 2.75) is 26.3 Å². The summed E-state index contributed by atoms with van der Waals surface area (Å²) in [4.78, 5) is 12.2. The quantitative estimate of drug-likeness (QED) is 0.797. The van der Waals surface area contributed by atoms with E-state index in [1.54, 1.807) is 10.9 Å². The summed E-state index contributed by atoms with van der Waals surface area (Å²) in [5.74, 6) is 0.159. The maximum atomic E-state index is 12.2. The van der Waals surface area contributed by atoms with Gasteiger partial charge in [0, 0.05) is 19.8 Å². The van der Waals surface area contributed by atoms with Crippen LogP contribution in [0.1, 0.15) is 25.5 Å². The van der Waals surface area contributed by atoms with E-state index in [4.69, 9.17) is 0 Å². The first-order chi connectivity index (χ1) is 8.18. The number of amides is 1. The SMILES string of the molecule is CCC1(C(=O)NCc2ccnn2C)CCNC1. The van der Waals surface area contributed by atoms with Crippen molar-refractivity contribution in [2.75, 3.05) is 13.1 Å². The predicted molar refractivity (Wildman–Crippen MR) is 65.3 cm³/mol. The molecular weight excluding hydrogens is 216 g/mol. The molecule has 5 heteroatoms. The van der Waals surface area contributed by atoms with Gasteiger partial charge >= 0.3 is 0 Å². The van der Waals surface area contributed by atoms with Crippen molar-refractivity contribution in [3.63, 3.8) is 0 Å². The molecule has 1 atom stereocenters. The zero-order chi connectivity index (χ0) is 12.3. The fourth-order valence-electron chi connectivity index (χ4n) is 2.33. The van der Waals surface area contributed by atoms with E-state index in [1.807, 2.05) is 13.1 Å². The number of hydrogen-bond donors (Lipinski definition) is 2. The van der Waals surface area contributed by atoms with Gasteiger partial charge in [-0.05, 0) is 25.5 Å². The molecule has 1 fully saturated rings. The highest BCUT2D eigenvalue weighted by Crippen LogP contribution is 2.29. The molecule has 1 aliphatic heterocycles. The summed E-state index contributed by atoms with van der Waals surface area (Å²) in [6.07, 6.45) is 3.56. The van der Waals surface area contributed by atoms with E-state index in [1.165, 1.54) is 0 Å². The topological polar surface area (TPSA) is 59.0 Å². The molecule has 1 aromatic rings. The Kier molecular flexibility index (Phi) is 3.47. The third-order valence-corrected chi connectivity index (χ3v) is 3.75. The fourth-order valence-corrected chi connectivity index (χ4v) is 2.33. The highest BCUT2D eigenvalue weighted by atomic mass is 16.2. The number of rotatable bonds is 4. The molecule has 5 nitrogen and oxygen atoms in total. The molecule has 2 heterocycles. The molecule has 0 bridgehead atoms. The van der Waals surface area contributed by atoms with Crippen LogP contribution in [0.15, 0.2) is 12.3 Å². The summed E-state index contributed by atoms with van der Waals surface area (Å²) in [7, 11) is 1.88. The molecule has 94 valence electrons. The third-order valence-electron chi connectivity index (χ3n) is 3.75. The second kappa shape index (κ2) is 4.87. The van der Waals surface area contributed by atoms with Crippen LogP contribution < -0.4 is 10.6 Å². The van der Waals surface area contributed by atoms with Gasteiger partial charge in [0.15, 0.2) is 0 Å². The molecule has 0 aromatic carbocycles. The number of carbonyl (C=O) groups is 1. The third kappa shape index (κ3) is 2.34. The Morgan fingerprint density at radius 3 is 3.06 bits per heavy atom. The Balaban J connectivity index is 1.95. The minimum absolute atomic E-state index is 0.159. The molecular formula is C12H20N4O. The summed E-state index contributed by atoms with van der Waals surface area (Å²) >= 11 is 0. The van der Waals surface area contributed by atoms with Crippen molar-refractivity contribution in [2.24, 2.45) is 12.5 Å². The maximum absolute atomic E-state index is 12.2. The van der Waals surface area contributed by atoms with Crippen LogP contribution in [0.3, 0.4) is 0 Å². The molecule has 1 amide bonds. The highest BCUT2D eigenvalue weighted by Gasteiger charge is 2.39. The van der Waals surface area contributed by atoms with Crippen LogP contribution in [0.2, 0.25) is 0 Å². The van der Waals surface area contributed by atoms with Gasteiger partial charge in [-0.3, -0.25) is 9.48 Å². The van der Waals surface area contributed by atoms with Crippen molar-refractivity contribution in [3.05, 3.63) is 18.0 Å². The van der Waals surface area contributed by atoms with Crippen molar-refractivity contribution in [3.8, 4) is 0 Å². The molecule has 1 aromatic heterocycles. The minimum Gasteiger partial charge on any atom is -0.350 e. The number of aromatic nitrogens is 2. The van der Waals surface area contributed by atoms with Crippen LogP contribution in [0.5, 0.6) is 0 Å². The number of aryl methyl sites for hydroxylation is 1. The standard InChI is InChI=1S/C12H20N4O/c1-3-12(5-7-13-9-12)11(17)14-8-10-4-6-15-16(10)2/h4,6,13H,3,5,7-9H2,1-2H3,(H,14,17). The largest absolute Gasteiger partial charge is 0.350 e. The Morgan fingerprint density at radius 2 is 2.53 bits per heavy atom. The fraction of sp³-hybridized carbons (Fsp3) is 0.667. The normalized spacial score (nSPS) is 23.9. The second-order valence-electron chi connectivity index (χ2n) is 4.69. The first-order valence-electron chi connectivity index (χ1n) is 6.14. The van der Waals surface area contributed by atoms with E-state index in [2.05, 4.69) is 22.7 Å². The second-order valence-corrected chi connectivity index (χ2v) is 4.69. The lowest BCUT2D eigenvalue weighted by molar-refractivity contribution is -0.130. The Hall–Kier alpha value is -1.36. The van der Waals surface area contributed by atoms with Gasteiger partial charge in [0.05, 0.1) is 17.7 Å². The monoisotopic (exact) mass is 236 g/mol. The Bertz CT molecular complexity index is 393. The lowest BCUT2D eigenvalue weighted by Gasteiger charge is -2.25.